The van der Waals surface area contributed by atoms with Crippen LogP contribution in [0, 0.1) is 6.92 Å². The minimum absolute atomic E-state index is 0.346. The van der Waals surface area contributed by atoms with Crippen molar-refractivity contribution in [2.75, 3.05) is 5.32 Å². The average molecular weight is 335 g/mol. The van der Waals surface area contributed by atoms with Gasteiger partial charge in [0.25, 0.3) is 0 Å². The largest absolute Gasteiger partial charge is 0.416 e. The van der Waals surface area contributed by atoms with E-state index in [0.29, 0.717) is 22.5 Å². The zero-order valence-electron chi connectivity index (χ0n) is 9.88. The standard InChI is InChI=1S/C12H10BrF3N2O/c1-7-4-9(19-18-7)6-17-11-3-2-8(5-10(11)13)12(14,15)16/h2-5,17H,6H2,1H3. The first-order valence-electron chi connectivity index (χ1n) is 5.39. The van der Waals surface area contributed by atoms with E-state index in [1.54, 1.807) is 13.0 Å². The molecule has 0 fully saturated rings. The van der Waals surface area contributed by atoms with Crippen LogP contribution in [0.15, 0.2) is 33.3 Å². The van der Waals surface area contributed by atoms with Crippen molar-refractivity contribution in [1.82, 2.24) is 5.16 Å². The maximum absolute atomic E-state index is 12.5. The molecule has 0 saturated carbocycles. The Balaban J connectivity index is 2.09. The number of nitrogens with one attached hydrogen (secondary N) is 1. The summed E-state index contributed by atoms with van der Waals surface area (Å²) in [4.78, 5) is 0. The van der Waals surface area contributed by atoms with Crippen LogP contribution in [0.25, 0.3) is 0 Å². The quantitative estimate of drug-likeness (QED) is 0.905. The Bertz CT molecular complexity index is 581. The van der Waals surface area contributed by atoms with Gasteiger partial charge in [0.05, 0.1) is 17.8 Å². The number of rotatable bonds is 3. The fraction of sp³-hybridized carbons (Fsp3) is 0.250. The SMILES string of the molecule is Cc1cc(CNc2ccc(C(F)(F)F)cc2Br)on1. The fourth-order valence-electron chi connectivity index (χ4n) is 1.52. The van der Waals surface area contributed by atoms with Crippen molar-refractivity contribution in [3.63, 3.8) is 0 Å². The lowest BCUT2D eigenvalue weighted by Crippen LogP contribution is -2.06. The third kappa shape index (κ3) is 3.50. The number of anilines is 1. The summed E-state index contributed by atoms with van der Waals surface area (Å²) in [7, 11) is 0. The number of hydrogen-bond acceptors (Lipinski definition) is 3. The van der Waals surface area contributed by atoms with Gasteiger partial charge >= 0.3 is 6.18 Å². The Labute approximate surface area is 115 Å². The molecule has 0 saturated heterocycles. The third-order valence-corrected chi connectivity index (χ3v) is 3.08. The van der Waals surface area contributed by atoms with E-state index in [0.717, 1.165) is 17.8 Å². The summed E-state index contributed by atoms with van der Waals surface area (Å²) in [6.07, 6.45) is -4.34. The van der Waals surface area contributed by atoms with Gasteiger partial charge in [-0.2, -0.15) is 13.2 Å². The maximum Gasteiger partial charge on any atom is 0.416 e. The molecule has 1 aromatic heterocycles. The molecule has 102 valence electrons. The lowest BCUT2D eigenvalue weighted by atomic mass is 10.2. The lowest BCUT2D eigenvalue weighted by molar-refractivity contribution is -0.137. The number of aromatic nitrogens is 1. The molecule has 7 heteroatoms. The van der Waals surface area contributed by atoms with Crippen LogP contribution in [0.1, 0.15) is 17.0 Å². The first kappa shape index (κ1) is 13.9. The summed E-state index contributed by atoms with van der Waals surface area (Å²) in [5.74, 6) is 0.615. The van der Waals surface area contributed by atoms with E-state index in [-0.39, 0.29) is 0 Å². The molecule has 0 unspecified atom stereocenters. The molecule has 0 amide bonds. The molecular weight excluding hydrogens is 325 g/mol. The van der Waals surface area contributed by atoms with Crippen LogP contribution in [-0.4, -0.2) is 5.16 Å². The van der Waals surface area contributed by atoms with Crippen LogP contribution in [0.5, 0.6) is 0 Å². The average Bonchev–Trinajstić information content (AvgIpc) is 2.72. The highest BCUT2D eigenvalue weighted by Gasteiger charge is 2.30. The molecule has 0 aliphatic rings. The van der Waals surface area contributed by atoms with E-state index in [1.807, 2.05) is 0 Å². The molecule has 1 aromatic carbocycles. The molecule has 0 aliphatic carbocycles. The second-order valence-corrected chi connectivity index (χ2v) is 4.83. The Morgan fingerprint density at radius 1 is 1.32 bits per heavy atom. The fourth-order valence-corrected chi connectivity index (χ4v) is 2.04. The smallest absolute Gasteiger partial charge is 0.377 e. The van der Waals surface area contributed by atoms with Gasteiger partial charge in [-0.05, 0) is 41.1 Å². The van der Waals surface area contributed by atoms with Gasteiger partial charge < -0.3 is 9.84 Å². The van der Waals surface area contributed by atoms with Gasteiger partial charge in [0.15, 0.2) is 5.76 Å². The summed E-state index contributed by atoms with van der Waals surface area (Å²) < 4.78 is 42.8. The highest BCUT2D eigenvalue weighted by atomic mass is 79.9. The summed E-state index contributed by atoms with van der Waals surface area (Å²) >= 11 is 3.11. The van der Waals surface area contributed by atoms with Crippen LogP contribution in [0.3, 0.4) is 0 Å². The molecule has 0 aliphatic heterocycles. The summed E-state index contributed by atoms with van der Waals surface area (Å²) in [6, 6.07) is 5.19. The Kier molecular flexibility index (Phi) is 3.84. The van der Waals surface area contributed by atoms with E-state index in [4.69, 9.17) is 4.52 Å². The topological polar surface area (TPSA) is 38.1 Å². The van der Waals surface area contributed by atoms with Gasteiger partial charge in [-0.1, -0.05) is 5.16 Å². The van der Waals surface area contributed by atoms with E-state index < -0.39 is 11.7 Å². The number of aryl methyl sites for hydroxylation is 1. The third-order valence-electron chi connectivity index (χ3n) is 2.43. The number of hydrogen-bond donors (Lipinski definition) is 1. The summed E-state index contributed by atoms with van der Waals surface area (Å²) in [5.41, 5.74) is 0.616. The monoisotopic (exact) mass is 334 g/mol. The molecule has 2 rings (SSSR count). The van der Waals surface area contributed by atoms with Crippen molar-refractivity contribution in [3.05, 3.63) is 45.8 Å². The number of benzene rings is 1. The normalized spacial score (nSPS) is 11.6. The van der Waals surface area contributed by atoms with Crippen LogP contribution < -0.4 is 5.32 Å². The first-order chi connectivity index (χ1) is 8.86. The zero-order valence-corrected chi connectivity index (χ0v) is 11.5. The highest BCUT2D eigenvalue weighted by Crippen LogP contribution is 2.34. The predicted octanol–water partition coefficient (Wildman–Crippen LogP) is 4.38. The minimum atomic E-state index is -4.34. The number of nitrogens with zero attached hydrogens (tertiary/aromatic N) is 1. The Morgan fingerprint density at radius 3 is 2.58 bits per heavy atom. The highest BCUT2D eigenvalue weighted by molar-refractivity contribution is 9.10. The second-order valence-electron chi connectivity index (χ2n) is 3.98. The predicted molar refractivity (Wildman–Crippen MR) is 67.7 cm³/mol. The van der Waals surface area contributed by atoms with E-state index in [2.05, 4.69) is 26.4 Å². The molecule has 0 atom stereocenters. The van der Waals surface area contributed by atoms with Crippen LogP contribution >= 0.6 is 15.9 Å². The van der Waals surface area contributed by atoms with Gasteiger partial charge in [-0.15, -0.1) is 0 Å². The van der Waals surface area contributed by atoms with Crippen molar-refractivity contribution >= 4 is 21.6 Å². The molecule has 3 nitrogen and oxygen atoms in total. The van der Waals surface area contributed by atoms with Crippen LogP contribution in [-0.2, 0) is 12.7 Å². The Hall–Kier alpha value is -1.50. The van der Waals surface area contributed by atoms with E-state index >= 15 is 0 Å². The maximum atomic E-state index is 12.5. The van der Waals surface area contributed by atoms with Gasteiger partial charge in [-0.25, -0.2) is 0 Å². The van der Waals surface area contributed by atoms with Crippen molar-refractivity contribution in [2.24, 2.45) is 0 Å². The van der Waals surface area contributed by atoms with Gasteiger partial charge in [0.2, 0.25) is 0 Å². The van der Waals surface area contributed by atoms with Crippen molar-refractivity contribution < 1.29 is 17.7 Å². The Morgan fingerprint density at radius 2 is 2.05 bits per heavy atom. The molecular formula is C12H10BrF3N2O. The molecule has 0 spiro atoms. The van der Waals surface area contributed by atoms with Gasteiger partial charge in [0, 0.05) is 16.2 Å². The molecule has 1 N–H and O–H groups in total. The number of halogens is 4. The van der Waals surface area contributed by atoms with Crippen LogP contribution in [0.2, 0.25) is 0 Å². The van der Waals surface area contributed by atoms with Crippen LogP contribution in [0.4, 0.5) is 18.9 Å². The van der Waals surface area contributed by atoms with Gasteiger partial charge in [0.1, 0.15) is 0 Å². The molecule has 1 heterocycles. The van der Waals surface area contributed by atoms with Crippen molar-refractivity contribution in [2.45, 2.75) is 19.6 Å². The summed E-state index contributed by atoms with van der Waals surface area (Å²) in [6.45, 7) is 2.14. The van der Waals surface area contributed by atoms with Gasteiger partial charge in [-0.3, -0.25) is 0 Å². The summed E-state index contributed by atoms with van der Waals surface area (Å²) in [5, 5.41) is 6.70. The van der Waals surface area contributed by atoms with Crippen molar-refractivity contribution in [3.8, 4) is 0 Å². The van der Waals surface area contributed by atoms with Crippen molar-refractivity contribution in [1.29, 1.82) is 0 Å². The first-order valence-corrected chi connectivity index (χ1v) is 6.18. The second kappa shape index (κ2) is 5.24. The number of alkyl halides is 3. The molecule has 0 bridgehead atoms. The minimum Gasteiger partial charge on any atom is -0.377 e. The molecule has 19 heavy (non-hydrogen) atoms. The zero-order chi connectivity index (χ0) is 14.0. The molecule has 2 aromatic rings. The lowest BCUT2D eigenvalue weighted by Gasteiger charge is -2.11. The molecule has 0 radical (unpaired) electrons. The van der Waals surface area contributed by atoms with E-state index in [1.165, 1.54) is 6.07 Å². The van der Waals surface area contributed by atoms with E-state index in [9.17, 15) is 13.2 Å².